The van der Waals surface area contributed by atoms with Crippen LogP contribution in [0.4, 0.5) is 0 Å². The fourth-order valence-corrected chi connectivity index (χ4v) is 9.94. The van der Waals surface area contributed by atoms with E-state index < -0.39 is 206 Å². The van der Waals surface area contributed by atoms with Crippen molar-refractivity contribution in [1.29, 1.82) is 0 Å². The molecular weight excluding hydrogens is 1210 g/mol. The number of allylic oxidation sites excluding steroid dienone is 1. The largest absolute Gasteiger partial charge is 0.481 e. The van der Waals surface area contributed by atoms with Crippen LogP contribution in [0.2, 0.25) is 0 Å². The lowest BCUT2D eigenvalue weighted by Gasteiger charge is -2.33. The molecule has 34 heteroatoms. The number of carbonyl (C=O) groups excluding carboxylic acids is 11. The lowest BCUT2D eigenvalue weighted by Crippen LogP contribution is -2.62. The lowest BCUT2D eigenvalue weighted by molar-refractivity contribution is -0.150. The molecule has 0 aromatic carbocycles. The number of carboxylic acid groups (broad SMARTS) is 5. The molecule has 2 rings (SSSR count). The highest BCUT2D eigenvalue weighted by Gasteiger charge is 2.43. The second kappa shape index (κ2) is 40.1. The topological polar surface area (TPSA) is 527 Å². The summed E-state index contributed by atoms with van der Waals surface area (Å²) in [4.78, 5) is 209. The second-order valence-electron chi connectivity index (χ2n) is 23.4. The van der Waals surface area contributed by atoms with Gasteiger partial charge >= 0.3 is 29.8 Å². The van der Waals surface area contributed by atoms with Crippen molar-refractivity contribution in [2.75, 3.05) is 33.2 Å². The third-order valence-electron chi connectivity index (χ3n) is 15.4. The highest BCUT2D eigenvalue weighted by Crippen LogP contribution is 2.22. The smallest absolute Gasteiger partial charge is 0.328 e. The van der Waals surface area contributed by atoms with Gasteiger partial charge in [0.1, 0.15) is 48.3 Å². The van der Waals surface area contributed by atoms with Crippen molar-refractivity contribution in [2.45, 2.75) is 211 Å². The molecule has 2 heterocycles. The van der Waals surface area contributed by atoms with E-state index in [2.05, 4.69) is 51.1 Å². The van der Waals surface area contributed by atoms with E-state index in [1.807, 2.05) is 16.0 Å². The number of unbranched alkanes of at least 4 members (excludes halogenated alkanes) is 3. The number of nitrogens with one attached hydrogen (secondary N) is 10. The zero-order valence-corrected chi connectivity index (χ0v) is 53.0. The molecule has 516 valence electrons. The van der Waals surface area contributed by atoms with Crippen molar-refractivity contribution in [1.82, 2.24) is 63.0 Å². The minimum Gasteiger partial charge on any atom is -0.481 e. The van der Waals surface area contributed by atoms with Crippen LogP contribution in [0, 0.1) is 11.8 Å². The maximum Gasteiger partial charge on any atom is 0.328 e. The minimum absolute atomic E-state index is 0.0387. The minimum atomic E-state index is -2.11. The fourth-order valence-electron chi connectivity index (χ4n) is 9.94. The van der Waals surface area contributed by atoms with Crippen molar-refractivity contribution in [3.63, 3.8) is 0 Å². The third-order valence-corrected chi connectivity index (χ3v) is 15.4. The van der Waals surface area contributed by atoms with Gasteiger partial charge in [-0.05, 0) is 70.8 Å². The Kier molecular flexibility index (Phi) is 34.6. The molecule has 0 spiro atoms. The van der Waals surface area contributed by atoms with Crippen molar-refractivity contribution in [3.8, 4) is 0 Å². The van der Waals surface area contributed by atoms with Crippen LogP contribution in [0.3, 0.4) is 0 Å². The van der Waals surface area contributed by atoms with Crippen LogP contribution in [-0.4, -0.2) is 230 Å². The lowest BCUT2D eigenvalue weighted by atomic mass is 10.0. The van der Waals surface area contributed by atoms with Gasteiger partial charge in [-0.25, -0.2) is 4.79 Å². The highest BCUT2D eigenvalue weighted by atomic mass is 16.4. The van der Waals surface area contributed by atoms with Crippen LogP contribution in [0.25, 0.3) is 0 Å². The van der Waals surface area contributed by atoms with Gasteiger partial charge in [0, 0.05) is 26.1 Å². The number of nitrogens with two attached hydrogens (primary N) is 1. The maximum atomic E-state index is 14.1. The van der Waals surface area contributed by atoms with Crippen molar-refractivity contribution >= 4 is 94.8 Å². The summed E-state index contributed by atoms with van der Waals surface area (Å²) in [5.74, 6) is -19.6. The zero-order chi connectivity index (χ0) is 69.5. The van der Waals surface area contributed by atoms with E-state index in [-0.39, 0.29) is 19.4 Å². The summed E-state index contributed by atoms with van der Waals surface area (Å²) in [6, 6.07) is -16.4. The van der Waals surface area contributed by atoms with Gasteiger partial charge in [-0.2, -0.15) is 0 Å². The summed E-state index contributed by atoms with van der Waals surface area (Å²) in [6.07, 6.45) is 6.86. The highest BCUT2D eigenvalue weighted by molar-refractivity contribution is 6.00. The Bertz CT molecular complexity index is 2670. The Balaban J connectivity index is 2.11. The Morgan fingerprint density at radius 2 is 1.14 bits per heavy atom. The zero-order valence-electron chi connectivity index (χ0n) is 53.0. The van der Waals surface area contributed by atoms with E-state index in [0.717, 1.165) is 52.0 Å². The summed E-state index contributed by atoms with van der Waals surface area (Å²) in [5, 5.41) is 71.7. The maximum absolute atomic E-state index is 14.1. The number of carboxylic acids is 5. The quantitative estimate of drug-likeness (QED) is 0.0209. The van der Waals surface area contributed by atoms with Gasteiger partial charge in [-0.3, -0.25) is 71.9 Å². The number of amides is 11. The molecule has 34 nitrogen and oxygen atoms in total. The Morgan fingerprint density at radius 3 is 1.67 bits per heavy atom. The number of nitrogens with zero attached hydrogens (tertiary/aromatic N) is 2. The molecular formula is C58H93N13O21. The van der Waals surface area contributed by atoms with E-state index in [1.165, 1.54) is 24.8 Å². The van der Waals surface area contributed by atoms with E-state index >= 15 is 0 Å². The third kappa shape index (κ3) is 28.1. The molecule has 92 heavy (non-hydrogen) atoms. The van der Waals surface area contributed by atoms with Gasteiger partial charge in [-0.1, -0.05) is 72.0 Å². The normalized spacial score (nSPS) is 17.9. The number of aliphatic carboxylic acids is 5. The molecule has 0 bridgehead atoms. The van der Waals surface area contributed by atoms with Crippen molar-refractivity contribution < 1.29 is 102 Å². The number of likely N-dealkylation sites (tertiary alicyclic amines) is 1. The molecule has 17 N–H and O–H groups in total. The summed E-state index contributed by atoms with van der Waals surface area (Å²) < 4.78 is 0. The van der Waals surface area contributed by atoms with Crippen molar-refractivity contribution in [2.24, 2.45) is 17.6 Å². The van der Waals surface area contributed by atoms with Gasteiger partial charge in [0.05, 0.1) is 50.9 Å². The number of hydrogen-bond donors (Lipinski definition) is 16. The van der Waals surface area contributed by atoms with Gasteiger partial charge in [-0.15, -0.1) is 0 Å². The summed E-state index contributed by atoms with van der Waals surface area (Å²) in [6.45, 7) is 8.72. The first-order valence-electron chi connectivity index (χ1n) is 30.6. The molecule has 2 fully saturated rings. The number of piperidine rings is 1. The van der Waals surface area contributed by atoms with E-state index in [9.17, 15) is 102 Å². The van der Waals surface area contributed by atoms with Crippen LogP contribution in [0.1, 0.15) is 144 Å². The Hall–Kier alpha value is -8.82. The van der Waals surface area contributed by atoms with Gasteiger partial charge in [0.15, 0.2) is 0 Å². The molecule has 0 aromatic rings. The standard InChI is InChI=1S/C58H93N13O21/c1-8-31(4)18-13-11-9-10-12-14-21-40(72)65-37(26-45(79)80)56(89)70(7)39(27-46(81)82)54(87)66-36(25-44(77)78)51(84)61-28-41(73)64-35(24-43(75)76)50(83)62-29-42(74)67-48(32(5)59)55(88)68-47(30(2)3)57(90)71-23-17-20-38(71)53(86)69-49(58(91)92)33(6)63-52(85)34-19-15-16-22-60-34/h12,14,30-39,47-49,60H,8-11,13,15-29,59H2,1-7H3,(H,61,84)(H,62,83)(H,63,85)(H,64,73)(H,65,72)(H,66,87)(H,67,74)(H,68,88)(H,69,86)(H,75,76)(H,77,78)(H,79,80)(H,81,82)(H,91,92). The van der Waals surface area contributed by atoms with Gasteiger partial charge < -0.3 is 94.2 Å². The summed E-state index contributed by atoms with van der Waals surface area (Å²) in [7, 11) is 0.901. The van der Waals surface area contributed by atoms with E-state index in [0.29, 0.717) is 36.6 Å². The average Bonchev–Trinajstić information content (AvgIpc) is 1.61. The molecule has 2 saturated heterocycles. The van der Waals surface area contributed by atoms with Gasteiger partial charge in [0.2, 0.25) is 65.0 Å². The average molecular weight is 1310 g/mol. The molecule has 0 saturated carbocycles. The number of rotatable bonds is 41. The molecule has 12 atom stereocenters. The second-order valence-corrected chi connectivity index (χ2v) is 23.4. The number of hydrogen-bond acceptors (Lipinski definition) is 18. The molecule has 0 aliphatic carbocycles. The van der Waals surface area contributed by atoms with E-state index in [4.69, 9.17) is 5.73 Å². The van der Waals surface area contributed by atoms with Crippen molar-refractivity contribution in [3.05, 3.63) is 12.2 Å². The van der Waals surface area contributed by atoms with Gasteiger partial charge in [0.25, 0.3) is 0 Å². The Labute approximate surface area is 532 Å². The molecule has 2 aliphatic rings. The van der Waals surface area contributed by atoms with Crippen LogP contribution >= 0.6 is 0 Å². The molecule has 11 amide bonds. The Morgan fingerprint density at radius 1 is 0.576 bits per heavy atom. The molecule has 0 aromatic heterocycles. The number of likely N-dealkylation sites (N-methyl/N-ethyl adjacent to an activating group) is 1. The van der Waals surface area contributed by atoms with Crippen LogP contribution in [0.5, 0.6) is 0 Å². The first-order valence-corrected chi connectivity index (χ1v) is 30.6. The molecule has 12 unspecified atom stereocenters. The SMILES string of the molecule is CCC(C)CCCCCC=CCC(=O)NC(CC(=O)O)C(=O)N(C)C(CC(=O)O)C(=O)NC(CC(=O)O)C(=O)NCC(=O)NC(CC(=O)O)C(=O)NCC(=O)NC(C(=O)NC(C(=O)N1CCCC1C(=O)NC(C(=O)O)C(C)NC(=O)C1CCCCN1)C(C)C)C(C)N. The summed E-state index contributed by atoms with van der Waals surface area (Å²) in [5.41, 5.74) is 6.07. The predicted octanol–water partition coefficient (Wildman–Crippen LogP) is -3.48. The predicted molar refractivity (Wildman–Crippen MR) is 324 cm³/mol. The molecule has 2 aliphatic heterocycles. The van der Waals surface area contributed by atoms with Crippen LogP contribution in [-0.2, 0) is 76.7 Å². The first kappa shape index (κ1) is 79.3. The van der Waals surface area contributed by atoms with Crippen LogP contribution in [0.15, 0.2) is 12.2 Å². The number of carbonyl (C=O) groups is 16. The summed E-state index contributed by atoms with van der Waals surface area (Å²) >= 11 is 0. The molecule has 0 radical (unpaired) electrons. The van der Waals surface area contributed by atoms with Crippen LogP contribution < -0.4 is 58.9 Å². The first-order chi connectivity index (χ1) is 43.2. The monoisotopic (exact) mass is 1310 g/mol. The fraction of sp³-hybridized carbons (Fsp3) is 0.690. The van der Waals surface area contributed by atoms with E-state index in [1.54, 1.807) is 19.9 Å².